The van der Waals surface area contributed by atoms with E-state index in [0.29, 0.717) is 25.7 Å². The molecule has 4 nitrogen and oxygen atoms in total. The highest BCUT2D eigenvalue weighted by atomic mass is 35.7. The van der Waals surface area contributed by atoms with Crippen molar-refractivity contribution in [3.63, 3.8) is 0 Å². The fourth-order valence-electron chi connectivity index (χ4n) is 2.84. The molecule has 2 aliphatic heterocycles. The quantitative estimate of drug-likeness (QED) is 0.652. The van der Waals surface area contributed by atoms with Gasteiger partial charge in [-0.3, -0.25) is 0 Å². The molecule has 3 aliphatic rings. The maximum Gasteiger partial charge on any atom is 0.233 e. The summed E-state index contributed by atoms with van der Waals surface area (Å²) >= 11 is 0. The van der Waals surface area contributed by atoms with Gasteiger partial charge in [-0.2, -0.15) is 0 Å². The number of hydrogen-bond acceptors (Lipinski definition) is 4. The Morgan fingerprint density at radius 2 is 2.14 bits per heavy atom. The Balaban J connectivity index is 1.90. The fourth-order valence-corrected chi connectivity index (χ4v) is 4.65. The molecular formula is C8H11ClO4S. The zero-order valence-electron chi connectivity index (χ0n) is 7.53. The molecule has 2 unspecified atom stereocenters. The Bertz CT molecular complexity index is 375. The van der Waals surface area contributed by atoms with Gasteiger partial charge >= 0.3 is 0 Å². The van der Waals surface area contributed by atoms with E-state index < -0.39 is 9.05 Å². The largest absolute Gasteiger partial charge is 0.375 e. The minimum absolute atomic E-state index is 0.0373. The minimum Gasteiger partial charge on any atom is -0.375 e. The lowest BCUT2D eigenvalue weighted by molar-refractivity contribution is -0.216. The van der Waals surface area contributed by atoms with Crippen LogP contribution in [0.25, 0.3) is 0 Å². The highest BCUT2D eigenvalue weighted by Gasteiger charge is 2.75. The molecule has 14 heavy (non-hydrogen) atoms. The van der Waals surface area contributed by atoms with Crippen molar-refractivity contribution in [2.45, 2.75) is 12.0 Å². The van der Waals surface area contributed by atoms with Crippen molar-refractivity contribution < 1.29 is 17.9 Å². The molecule has 0 aromatic carbocycles. The van der Waals surface area contributed by atoms with E-state index in [-0.39, 0.29) is 16.8 Å². The molecule has 1 saturated carbocycles. The second-order valence-corrected chi connectivity index (χ2v) is 7.32. The molecular weight excluding hydrogens is 228 g/mol. The van der Waals surface area contributed by atoms with E-state index in [1.165, 1.54) is 0 Å². The molecule has 0 N–H and O–H groups in total. The van der Waals surface area contributed by atoms with Gasteiger partial charge in [0.1, 0.15) is 5.60 Å². The molecule has 1 spiro atoms. The van der Waals surface area contributed by atoms with E-state index in [0.717, 1.165) is 6.42 Å². The average molecular weight is 239 g/mol. The van der Waals surface area contributed by atoms with E-state index in [1.807, 2.05) is 0 Å². The third-order valence-corrected chi connectivity index (χ3v) is 4.99. The predicted molar refractivity (Wildman–Crippen MR) is 49.7 cm³/mol. The van der Waals surface area contributed by atoms with Gasteiger partial charge in [0.25, 0.3) is 0 Å². The highest BCUT2D eigenvalue weighted by molar-refractivity contribution is 8.13. The zero-order valence-corrected chi connectivity index (χ0v) is 9.10. The summed E-state index contributed by atoms with van der Waals surface area (Å²) in [4.78, 5) is 0. The first kappa shape index (κ1) is 9.39. The number of hydrogen-bond donors (Lipinski definition) is 0. The third kappa shape index (κ3) is 1.04. The maximum atomic E-state index is 11.1. The summed E-state index contributed by atoms with van der Waals surface area (Å²) in [6.45, 7) is 1.71. The Kier molecular flexibility index (Phi) is 1.65. The zero-order chi connectivity index (χ0) is 10.0. The van der Waals surface area contributed by atoms with Gasteiger partial charge < -0.3 is 9.47 Å². The summed E-state index contributed by atoms with van der Waals surface area (Å²) in [5.74, 6) is 0.412. The molecule has 0 amide bonds. The first-order chi connectivity index (χ1) is 6.48. The Hall–Kier alpha value is 0.160. The van der Waals surface area contributed by atoms with Crippen LogP contribution in [0.2, 0.25) is 0 Å². The molecule has 0 radical (unpaired) electrons. The molecule has 2 atom stereocenters. The van der Waals surface area contributed by atoms with E-state index in [2.05, 4.69) is 0 Å². The van der Waals surface area contributed by atoms with Crippen LogP contribution in [0.15, 0.2) is 0 Å². The van der Waals surface area contributed by atoms with E-state index in [4.69, 9.17) is 20.2 Å². The lowest BCUT2D eigenvalue weighted by Gasteiger charge is -2.44. The molecule has 3 fully saturated rings. The van der Waals surface area contributed by atoms with Gasteiger partial charge in [0.15, 0.2) is 0 Å². The molecule has 80 valence electrons. The lowest BCUT2D eigenvalue weighted by atomic mass is 9.83. The van der Waals surface area contributed by atoms with Gasteiger partial charge in [0.05, 0.1) is 25.6 Å². The van der Waals surface area contributed by atoms with Crippen molar-refractivity contribution >= 4 is 19.7 Å². The van der Waals surface area contributed by atoms with Crippen LogP contribution >= 0.6 is 10.7 Å². The molecule has 0 bridgehead atoms. The van der Waals surface area contributed by atoms with Crippen LogP contribution in [0.1, 0.15) is 6.42 Å². The van der Waals surface area contributed by atoms with E-state index in [9.17, 15) is 8.42 Å². The van der Waals surface area contributed by atoms with Crippen LogP contribution in [0.4, 0.5) is 0 Å². The Morgan fingerprint density at radius 3 is 2.57 bits per heavy atom. The Morgan fingerprint density at radius 1 is 1.43 bits per heavy atom. The Labute approximate surface area is 86.9 Å². The summed E-state index contributed by atoms with van der Waals surface area (Å²) in [5.41, 5.74) is -0.564. The number of halogens is 1. The molecule has 1 aliphatic carbocycles. The molecule has 6 heteroatoms. The van der Waals surface area contributed by atoms with Gasteiger partial charge in [0.2, 0.25) is 9.05 Å². The fraction of sp³-hybridized carbons (Fsp3) is 1.00. The van der Waals surface area contributed by atoms with Crippen molar-refractivity contribution in [1.82, 2.24) is 0 Å². The SMILES string of the molecule is O=S(=O)(Cl)CC12CC1COC21COC1. The van der Waals surface area contributed by atoms with Crippen molar-refractivity contribution in [3.8, 4) is 0 Å². The number of rotatable bonds is 2. The first-order valence-corrected chi connectivity index (χ1v) is 7.09. The topological polar surface area (TPSA) is 52.6 Å². The number of fused-ring (bicyclic) bond motifs is 2. The summed E-state index contributed by atoms with van der Waals surface area (Å²) in [6.07, 6.45) is 0.919. The third-order valence-electron chi connectivity index (χ3n) is 3.80. The summed E-state index contributed by atoms with van der Waals surface area (Å²) in [7, 11) is 1.88. The van der Waals surface area contributed by atoms with E-state index in [1.54, 1.807) is 0 Å². The molecule has 3 rings (SSSR count). The van der Waals surface area contributed by atoms with Gasteiger partial charge in [-0.05, 0) is 12.3 Å². The predicted octanol–water partition coefficient (Wildman–Crippen LogP) is 0.361. The normalized spacial score (nSPS) is 43.4. The average Bonchev–Trinajstić information content (AvgIpc) is 2.51. The van der Waals surface area contributed by atoms with Crippen LogP contribution < -0.4 is 0 Å². The summed E-state index contributed by atoms with van der Waals surface area (Å²) in [5, 5.41) is 0. The summed E-state index contributed by atoms with van der Waals surface area (Å²) in [6, 6.07) is 0. The van der Waals surface area contributed by atoms with Gasteiger partial charge in [-0.1, -0.05) is 0 Å². The molecule has 0 aromatic rings. The van der Waals surface area contributed by atoms with Gasteiger partial charge in [-0.25, -0.2) is 8.42 Å². The standard InChI is InChI=1S/C8H11ClO4S/c9-14(10,11)5-7-1-6(7)2-13-8(7)3-12-4-8/h6H,1-5H2. The van der Waals surface area contributed by atoms with Crippen LogP contribution in [0.3, 0.4) is 0 Å². The minimum atomic E-state index is -3.43. The monoisotopic (exact) mass is 238 g/mol. The van der Waals surface area contributed by atoms with Crippen LogP contribution in [0.5, 0.6) is 0 Å². The van der Waals surface area contributed by atoms with Crippen molar-refractivity contribution in [1.29, 1.82) is 0 Å². The van der Waals surface area contributed by atoms with Crippen LogP contribution in [0, 0.1) is 11.3 Å². The van der Waals surface area contributed by atoms with Gasteiger partial charge in [0, 0.05) is 16.1 Å². The van der Waals surface area contributed by atoms with Crippen molar-refractivity contribution in [2.75, 3.05) is 25.6 Å². The van der Waals surface area contributed by atoms with Crippen molar-refractivity contribution in [3.05, 3.63) is 0 Å². The van der Waals surface area contributed by atoms with E-state index >= 15 is 0 Å². The molecule has 0 aromatic heterocycles. The summed E-state index contributed by atoms with van der Waals surface area (Å²) < 4.78 is 33.0. The smallest absolute Gasteiger partial charge is 0.233 e. The molecule has 2 saturated heterocycles. The van der Waals surface area contributed by atoms with Crippen LogP contribution in [-0.2, 0) is 18.5 Å². The number of ether oxygens (including phenoxy) is 2. The maximum absolute atomic E-state index is 11.1. The second kappa shape index (κ2) is 2.45. The van der Waals surface area contributed by atoms with Crippen molar-refractivity contribution in [2.24, 2.45) is 11.3 Å². The lowest BCUT2D eigenvalue weighted by Crippen LogP contribution is -2.58. The van der Waals surface area contributed by atoms with Gasteiger partial charge in [-0.15, -0.1) is 0 Å². The molecule has 2 heterocycles. The highest BCUT2D eigenvalue weighted by Crippen LogP contribution is 2.68. The van der Waals surface area contributed by atoms with Crippen LogP contribution in [-0.4, -0.2) is 39.6 Å². The first-order valence-electron chi connectivity index (χ1n) is 4.62. The second-order valence-electron chi connectivity index (χ2n) is 4.54.